The number of hydrogen-bond donors (Lipinski definition) is 2. The number of pyridine rings is 1. The number of carbonyl (C=O) groups is 1. The highest BCUT2D eigenvalue weighted by molar-refractivity contribution is 9.10. The van der Waals surface area contributed by atoms with Crippen molar-refractivity contribution in [1.82, 2.24) is 15.2 Å². The van der Waals surface area contributed by atoms with E-state index < -0.39 is 10.0 Å². The molecule has 0 aliphatic carbocycles. The standard InChI is InChI=1S/C10H10BrN5O3S2/c1-5-7(11)3-4-8(12-5)16-21(18,19)10-15-14-9(20-10)13-6(2)17/h3-4H,1-2H3,(H,12,16)(H,13,14,17). The van der Waals surface area contributed by atoms with Crippen molar-refractivity contribution >= 4 is 54.1 Å². The monoisotopic (exact) mass is 391 g/mol. The van der Waals surface area contributed by atoms with E-state index in [0.29, 0.717) is 5.69 Å². The third-order valence-electron chi connectivity index (χ3n) is 2.18. The number of aryl methyl sites for hydroxylation is 1. The van der Waals surface area contributed by atoms with Gasteiger partial charge in [-0.2, -0.15) is 8.42 Å². The number of aromatic nitrogens is 3. The summed E-state index contributed by atoms with van der Waals surface area (Å²) >= 11 is 4.03. The first-order valence-corrected chi connectivity index (χ1v) is 8.64. The van der Waals surface area contributed by atoms with Crippen molar-refractivity contribution in [2.45, 2.75) is 18.2 Å². The molecule has 11 heteroatoms. The Morgan fingerprint density at radius 3 is 2.67 bits per heavy atom. The summed E-state index contributed by atoms with van der Waals surface area (Å²) in [5.74, 6) is -0.180. The average molecular weight is 392 g/mol. The highest BCUT2D eigenvalue weighted by Gasteiger charge is 2.21. The first kappa shape index (κ1) is 15.8. The third kappa shape index (κ3) is 3.95. The van der Waals surface area contributed by atoms with E-state index in [1.165, 1.54) is 13.0 Å². The number of nitrogens with one attached hydrogen (secondary N) is 2. The maximum Gasteiger partial charge on any atom is 0.292 e. The summed E-state index contributed by atoms with van der Waals surface area (Å²) in [6.07, 6.45) is 0. The van der Waals surface area contributed by atoms with E-state index in [1.54, 1.807) is 13.0 Å². The fraction of sp³-hybridized carbons (Fsp3) is 0.200. The lowest BCUT2D eigenvalue weighted by Gasteiger charge is -2.05. The summed E-state index contributed by atoms with van der Waals surface area (Å²) in [6.45, 7) is 3.03. The quantitative estimate of drug-likeness (QED) is 0.767. The maximum absolute atomic E-state index is 12.1. The molecule has 1 amide bonds. The molecule has 2 rings (SSSR count). The van der Waals surface area contributed by atoms with E-state index in [1.807, 2.05) is 0 Å². The number of halogens is 1. The fourth-order valence-corrected chi connectivity index (χ4v) is 3.47. The van der Waals surface area contributed by atoms with Gasteiger partial charge in [0, 0.05) is 11.4 Å². The Labute approximate surface area is 133 Å². The predicted molar refractivity (Wildman–Crippen MR) is 81.7 cm³/mol. The van der Waals surface area contributed by atoms with Gasteiger partial charge in [-0.1, -0.05) is 11.3 Å². The summed E-state index contributed by atoms with van der Waals surface area (Å²) in [6, 6.07) is 3.20. The zero-order valence-electron chi connectivity index (χ0n) is 10.9. The zero-order valence-corrected chi connectivity index (χ0v) is 14.1. The number of carbonyl (C=O) groups excluding carboxylic acids is 1. The van der Waals surface area contributed by atoms with Crippen molar-refractivity contribution in [1.29, 1.82) is 0 Å². The van der Waals surface area contributed by atoms with Gasteiger partial charge in [0.2, 0.25) is 11.0 Å². The second-order valence-electron chi connectivity index (χ2n) is 3.92. The molecule has 0 aliphatic heterocycles. The smallest absolute Gasteiger partial charge is 0.292 e. The predicted octanol–water partition coefficient (Wildman–Crippen LogP) is 1.76. The number of hydrogen-bond acceptors (Lipinski definition) is 7. The SMILES string of the molecule is CC(=O)Nc1nnc(S(=O)(=O)Nc2ccc(Br)c(C)n2)s1. The molecule has 0 radical (unpaired) electrons. The van der Waals surface area contributed by atoms with Gasteiger partial charge in [-0.15, -0.1) is 10.2 Å². The molecule has 0 aliphatic rings. The van der Waals surface area contributed by atoms with E-state index in [2.05, 4.69) is 41.2 Å². The van der Waals surface area contributed by atoms with Crippen LogP contribution in [0.15, 0.2) is 20.9 Å². The normalized spacial score (nSPS) is 11.2. The minimum absolute atomic E-state index is 0.114. The Morgan fingerprint density at radius 1 is 1.33 bits per heavy atom. The molecule has 0 aromatic carbocycles. The lowest BCUT2D eigenvalue weighted by molar-refractivity contribution is -0.114. The van der Waals surface area contributed by atoms with Crippen LogP contribution in [0.2, 0.25) is 0 Å². The van der Waals surface area contributed by atoms with Gasteiger partial charge in [-0.3, -0.25) is 9.52 Å². The Morgan fingerprint density at radius 2 is 2.05 bits per heavy atom. The molecule has 0 fully saturated rings. The van der Waals surface area contributed by atoms with Gasteiger partial charge >= 0.3 is 0 Å². The van der Waals surface area contributed by atoms with Crippen LogP contribution in [0.3, 0.4) is 0 Å². The molecule has 2 N–H and O–H groups in total. The number of rotatable bonds is 4. The molecule has 2 heterocycles. The van der Waals surface area contributed by atoms with Gasteiger partial charge < -0.3 is 5.32 Å². The van der Waals surface area contributed by atoms with Crippen molar-refractivity contribution in [3.63, 3.8) is 0 Å². The molecule has 8 nitrogen and oxygen atoms in total. The summed E-state index contributed by atoms with van der Waals surface area (Å²) < 4.78 is 27.1. The number of sulfonamides is 1. The molecule has 112 valence electrons. The summed E-state index contributed by atoms with van der Waals surface area (Å²) in [4.78, 5) is 15.0. The Hall–Kier alpha value is -1.59. The highest BCUT2D eigenvalue weighted by atomic mass is 79.9. The summed E-state index contributed by atoms with van der Waals surface area (Å²) in [5.41, 5.74) is 0.645. The Kier molecular flexibility index (Phi) is 4.54. The van der Waals surface area contributed by atoms with Crippen LogP contribution in [0, 0.1) is 6.92 Å². The molecule has 21 heavy (non-hydrogen) atoms. The molecule has 0 saturated heterocycles. The van der Waals surface area contributed by atoms with Crippen molar-refractivity contribution in [2.24, 2.45) is 0 Å². The molecule has 0 spiro atoms. The lowest BCUT2D eigenvalue weighted by atomic mass is 10.4. The average Bonchev–Trinajstić information content (AvgIpc) is 2.82. The van der Waals surface area contributed by atoms with Gasteiger partial charge in [0.15, 0.2) is 0 Å². The molecular weight excluding hydrogens is 382 g/mol. The molecule has 0 bridgehead atoms. The minimum Gasteiger partial charge on any atom is -0.301 e. The summed E-state index contributed by atoms with van der Waals surface area (Å²) in [5, 5.41) is 9.61. The highest BCUT2D eigenvalue weighted by Crippen LogP contribution is 2.23. The summed E-state index contributed by atoms with van der Waals surface area (Å²) in [7, 11) is -3.89. The van der Waals surface area contributed by atoms with Crippen LogP contribution in [0.4, 0.5) is 10.9 Å². The Bertz CT molecular complexity index is 790. The van der Waals surface area contributed by atoms with Crippen molar-refractivity contribution < 1.29 is 13.2 Å². The van der Waals surface area contributed by atoms with Crippen molar-refractivity contribution in [2.75, 3.05) is 10.0 Å². The van der Waals surface area contributed by atoms with Crippen LogP contribution in [0.1, 0.15) is 12.6 Å². The van der Waals surface area contributed by atoms with Gasteiger partial charge in [-0.05, 0) is 35.0 Å². The van der Waals surface area contributed by atoms with Gasteiger partial charge in [0.05, 0.1) is 5.69 Å². The van der Waals surface area contributed by atoms with Crippen LogP contribution in [0.25, 0.3) is 0 Å². The van der Waals surface area contributed by atoms with E-state index in [0.717, 1.165) is 15.8 Å². The van der Waals surface area contributed by atoms with Gasteiger partial charge in [0.25, 0.3) is 14.4 Å². The van der Waals surface area contributed by atoms with E-state index in [4.69, 9.17) is 0 Å². The number of amides is 1. The van der Waals surface area contributed by atoms with Crippen molar-refractivity contribution in [3.05, 3.63) is 22.3 Å². The number of anilines is 2. The van der Waals surface area contributed by atoms with Crippen LogP contribution in [-0.2, 0) is 14.8 Å². The molecule has 0 atom stereocenters. The van der Waals surface area contributed by atoms with E-state index in [9.17, 15) is 13.2 Å². The zero-order chi connectivity index (χ0) is 15.6. The maximum atomic E-state index is 12.1. The van der Waals surface area contributed by atoms with Gasteiger partial charge in [-0.25, -0.2) is 4.98 Å². The second-order valence-corrected chi connectivity index (χ2v) is 7.61. The van der Waals surface area contributed by atoms with E-state index >= 15 is 0 Å². The molecule has 2 aromatic heterocycles. The van der Waals surface area contributed by atoms with Crippen LogP contribution >= 0.6 is 27.3 Å². The molecule has 0 saturated carbocycles. The third-order valence-corrected chi connectivity index (χ3v) is 5.58. The first-order valence-electron chi connectivity index (χ1n) is 5.55. The fourth-order valence-electron chi connectivity index (χ4n) is 1.30. The lowest BCUT2D eigenvalue weighted by Crippen LogP contribution is -2.14. The van der Waals surface area contributed by atoms with Crippen molar-refractivity contribution in [3.8, 4) is 0 Å². The molecule has 0 unspecified atom stereocenters. The van der Waals surface area contributed by atoms with E-state index in [-0.39, 0.29) is 21.2 Å². The molecular formula is C10H10BrN5O3S2. The Balaban J connectivity index is 2.23. The topological polar surface area (TPSA) is 114 Å². The van der Waals surface area contributed by atoms with Gasteiger partial charge in [0.1, 0.15) is 5.82 Å². The first-order chi connectivity index (χ1) is 9.78. The molecule has 2 aromatic rings. The van der Waals surface area contributed by atoms with Crippen LogP contribution < -0.4 is 10.0 Å². The largest absolute Gasteiger partial charge is 0.301 e. The second kappa shape index (κ2) is 6.03. The minimum atomic E-state index is -3.89. The van der Waals surface area contributed by atoms with Crippen LogP contribution in [-0.4, -0.2) is 29.5 Å². The van der Waals surface area contributed by atoms with Crippen LogP contribution in [0.5, 0.6) is 0 Å². The number of nitrogens with zero attached hydrogens (tertiary/aromatic N) is 3.